The Morgan fingerprint density at radius 3 is 2.67 bits per heavy atom. The van der Waals surface area contributed by atoms with Gasteiger partial charge in [-0.05, 0) is 37.6 Å². The van der Waals surface area contributed by atoms with E-state index in [1.54, 1.807) is 21.3 Å². The predicted molar refractivity (Wildman–Crippen MR) is 141 cm³/mol. The van der Waals surface area contributed by atoms with Crippen molar-refractivity contribution in [3.63, 3.8) is 0 Å². The van der Waals surface area contributed by atoms with E-state index < -0.39 is 5.91 Å². The number of nitrogens with two attached hydrogens (primary N) is 1. The number of nitrogens with zero attached hydrogens (tertiary/aromatic N) is 6. The molecule has 0 radical (unpaired) electrons. The van der Waals surface area contributed by atoms with Crippen LogP contribution in [0.15, 0.2) is 53.8 Å². The Hall–Kier alpha value is -3.44. The second-order valence-electron chi connectivity index (χ2n) is 8.68. The fourth-order valence-corrected chi connectivity index (χ4v) is 5.08. The van der Waals surface area contributed by atoms with Crippen LogP contribution in [0.25, 0.3) is 0 Å². The lowest BCUT2D eigenvalue weighted by molar-refractivity contribution is -0.117. The van der Waals surface area contributed by atoms with Crippen LogP contribution in [0.4, 0.5) is 11.5 Å². The molecule has 2 aromatic heterocycles. The molecule has 1 saturated heterocycles. The van der Waals surface area contributed by atoms with E-state index in [1.165, 1.54) is 32.3 Å². The first-order valence-electron chi connectivity index (χ1n) is 12.1. The summed E-state index contributed by atoms with van der Waals surface area (Å²) in [6, 6.07) is 11.9. The van der Waals surface area contributed by atoms with Crippen molar-refractivity contribution in [1.29, 1.82) is 0 Å². The summed E-state index contributed by atoms with van der Waals surface area (Å²) in [4.78, 5) is 36.2. The van der Waals surface area contributed by atoms with Crippen LogP contribution >= 0.6 is 11.8 Å². The number of thioether (sulfide) groups is 1. The van der Waals surface area contributed by atoms with Crippen LogP contribution in [0.2, 0.25) is 0 Å². The van der Waals surface area contributed by atoms with Gasteiger partial charge in [0.1, 0.15) is 12.1 Å². The van der Waals surface area contributed by atoms with Gasteiger partial charge in [0.25, 0.3) is 5.91 Å². The zero-order valence-electron chi connectivity index (χ0n) is 20.5. The molecule has 36 heavy (non-hydrogen) atoms. The van der Waals surface area contributed by atoms with E-state index in [9.17, 15) is 9.59 Å². The van der Waals surface area contributed by atoms with Crippen molar-refractivity contribution in [3.8, 4) is 0 Å². The number of carbonyl (C=O) groups excluding carboxylic acids is 2. The quantitative estimate of drug-likeness (QED) is 0.499. The van der Waals surface area contributed by atoms with Crippen molar-refractivity contribution >= 4 is 35.1 Å². The third-order valence-corrected chi connectivity index (χ3v) is 7.08. The summed E-state index contributed by atoms with van der Waals surface area (Å²) < 4.78 is 1.58. The number of likely N-dealkylation sites (tertiary alicyclic amines) is 1. The lowest BCUT2D eigenvalue weighted by Crippen LogP contribution is -2.26. The van der Waals surface area contributed by atoms with Crippen LogP contribution in [-0.4, -0.2) is 75.4 Å². The number of nitrogens with one attached hydrogen (secondary N) is 1. The van der Waals surface area contributed by atoms with E-state index in [1.807, 2.05) is 43.6 Å². The monoisotopic (exact) mass is 508 g/mol. The molecule has 0 unspecified atom stereocenters. The fraction of sp³-hybridized carbons (Fsp3) is 0.400. The van der Waals surface area contributed by atoms with Gasteiger partial charge in [0, 0.05) is 37.2 Å². The molecule has 2 amide bonds. The maximum absolute atomic E-state index is 11.8. The lowest BCUT2D eigenvalue weighted by Gasteiger charge is -2.18. The lowest BCUT2D eigenvalue weighted by atomic mass is 10.2. The molecule has 2 aliphatic rings. The number of hydrogen-bond acceptors (Lipinski definition) is 8. The Kier molecular flexibility index (Phi) is 8.90. The largest absolute Gasteiger partial charge is 0.369 e. The summed E-state index contributed by atoms with van der Waals surface area (Å²) in [5.41, 5.74) is 7.06. The third-order valence-electron chi connectivity index (χ3n) is 6.03. The highest BCUT2D eigenvalue weighted by molar-refractivity contribution is 7.99. The Balaban J connectivity index is 0.000000179. The van der Waals surface area contributed by atoms with E-state index in [2.05, 4.69) is 31.3 Å². The highest BCUT2D eigenvalue weighted by Crippen LogP contribution is 2.34. The topological polar surface area (TPSA) is 122 Å². The van der Waals surface area contributed by atoms with Crippen molar-refractivity contribution < 1.29 is 9.59 Å². The molecule has 2 aliphatic heterocycles. The number of anilines is 2. The van der Waals surface area contributed by atoms with Gasteiger partial charge >= 0.3 is 0 Å². The molecule has 5 rings (SSSR count). The van der Waals surface area contributed by atoms with Crippen molar-refractivity contribution in [3.05, 3.63) is 60.3 Å². The van der Waals surface area contributed by atoms with Crippen LogP contribution in [0.1, 0.15) is 35.4 Å². The van der Waals surface area contributed by atoms with Crippen LogP contribution in [0.5, 0.6) is 0 Å². The minimum absolute atomic E-state index is 0.0472. The maximum atomic E-state index is 11.8. The van der Waals surface area contributed by atoms with Gasteiger partial charge < -0.3 is 20.9 Å². The van der Waals surface area contributed by atoms with E-state index in [0.717, 1.165) is 40.8 Å². The second-order valence-corrected chi connectivity index (χ2v) is 9.82. The second kappa shape index (κ2) is 12.5. The normalized spacial score (nSPS) is 15.6. The zero-order valence-corrected chi connectivity index (χ0v) is 21.3. The van der Waals surface area contributed by atoms with E-state index >= 15 is 0 Å². The molecule has 3 N–H and O–H groups in total. The molecule has 0 atom stereocenters. The van der Waals surface area contributed by atoms with Crippen molar-refractivity contribution in [1.82, 2.24) is 24.6 Å². The Morgan fingerprint density at radius 2 is 1.94 bits per heavy atom. The first kappa shape index (κ1) is 25.6. The van der Waals surface area contributed by atoms with Crippen LogP contribution in [0.3, 0.4) is 0 Å². The van der Waals surface area contributed by atoms with E-state index in [0.29, 0.717) is 13.0 Å². The number of fused-ring (bicyclic) bond motifs is 1. The standard InChI is InChI=1S/C15H22N4OS.C10H10N4O/c1-18-12-11-17-14(10-13(12)21-9-4-15(18)20)16-5-8-19-6-2-3-7-19;11-9(15)10-12-7-14(13-10)6-8-4-2-1-3-5-8/h10-11H,2-9H2,1H3,(H,16,17);1-5,7H,6H2,(H2,11,15). The molecule has 3 aromatic rings. The van der Waals surface area contributed by atoms with Gasteiger partial charge in [-0.25, -0.2) is 14.6 Å². The Labute approximate surface area is 215 Å². The zero-order chi connectivity index (χ0) is 25.3. The third kappa shape index (κ3) is 7.05. The van der Waals surface area contributed by atoms with Gasteiger partial charge in [0.15, 0.2) is 0 Å². The summed E-state index contributed by atoms with van der Waals surface area (Å²) in [7, 11) is 1.83. The average molecular weight is 509 g/mol. The van der Waals surface area contributed by atoms with Crippen LogP contribution in [0, 0.1) is 0 Å². The molecule has 4 heterocycles. The first-order chi connectivity index (χ1) is 17.5. The predicted octanol–water partition coefficient (Wildman–Crippen LogP) is 2.47. The minimum Gasteiger partial charge on any atom is -0.369 e. The molecule has 10 nitrogen and oxygen atoms in total. The summed E-state index contributed by atoms with van der Waals surface area (Å²) in [6.07, 6.45) is 6.55. The molecule has 0 spiro atoms. The molecule has 0 aliphatic carbocycles. The van der Waals surface area contributed by atoms with E-state index in [-0.39, 0.29) is 11.7 Å². The molecule has 0 bridgehead atoms. The molecule has 1 aromatic carbocycles. The summed E-state index contributed by atoms with van der Waals surface area (Å²) in [5.74, 6) is 1.35. The van der Waals surface area contributed by atoms with Gasteiger partial charge in [-0.15, -0.1) is 16.9 Å². The van der Waals surface area contributed by atoms with Crippen LogP contribution < -0.4 is 16.0 Å². The number of primary amides is 1. The number of amides is 2. The number of benzene rings is 1. The van der Waals surface area contributed by atoms with Gasteiger partial charge in [-0.3, -0.25) is 9.59 Å². The highest BCUT2D eigenvalue weighted by Gasteiger charge is 2.20. The number of pyridine rings is 1. The summed E-state index contributed by atoms with van der Waals surface area (Å²) >= 11 is 1.74. The summed E-state index contributed by atoms with van der Waals surface area (Å²) in [5, 5.41) is 7.33. The Morgan fingerprint density at radius 1 is 1.17 bits per heavy atom. The molecular weight excluding hydrogens is 476 g/mol. The van der Waals surface area contributed by atoms with Gasteiger partial charge in [0.2, 0.25) is 11.7 Å². The highest BCUT2D eigenvalue weighted by atomic mass is 32.2. The smallest absolute Gasteiger partial charge is 0.288 e. The van der Waals surface area contributed by atoms with Gasteiger partial charge in [0.05, 0.1) is 18.4 Å². The molecule has 190 valence electrons. The molecule has 1 fully saturated rings. The molecular formula is C25H32N8O2S. The number of carbonyl (C=O) groups is 2. The number of aromatic nitrogens is 4. The van der Waals surface area contributed by atoms with Crippen molar-refractivity contribution in [2.45, 2.75) is 30.7 Å². The van der Waals surface area contributed by atoms with Crippen molar-refractivity contribution in [2.24, 2.45) is 5.73 Å². The number of rotatable bonds is 7. The summed E-state index contributed by atoms with van der Waals surface area (Å²) in [6.45, 7) is 5.03. The van der Waals surface area contributed by atoms with Gasteiger partial charge in [-0.2, -0.15) is 0 Å². The fourth-order valence-electron chi connectivity index (χ4n) is 4.05. The molecule has 0 saturated carbocycles. The first-order valence-corrected chi connectivity index (χ1v) is 13.1. The number of hydrogen-bond donors (Lipinski definition) is 2. The molecule has 11 heteroatoms. The van der Waals surface area contributed by atoms with E-state index in [4.69, 9.17) is 5.73 Å². The Bertz CT molecular complexity index is 1160. The van der Waals surface area contributed by atoms with Crippen LogP contribution in [-0.2, 0) is 11.3 Å². The van der Waals surface area contributed by atoms with Gasteiger partial charge in [-0.1, -0.05) is 30.3 Å². The average Bonchev–Trinajstić information content (AvgIpc) is 3.55. The van der Waals surface area contributed by atoms with Crippen molar-refractivity contribution in [2.75, 3.05) is 49.2 Å². The SMILES string of the molecule is CN1C(=O)CCSc2cc(NCCN3CCCC3)ncc21.NC(=O)c1ncn(Cc2ccccc2)n1. The minimum atomic E-state index is -0.609. The maximum Gasteiger partial charge on any atom is 0.288 e.